The summed E-state index contributed by atoms with van der Waals surface area (Å²) in [4.78, 5) is 9.33. The molecule has 3 nitrogen and oxygen atoms in total. The fraction of sp³-hybridized carbons (Fsp3) is 0.765. The van der Waals surface area contributed by atoms with Crippen LogP contribution in [0.2, 0.25) is 0 Å². The zero-order valence-corrected chi connectivity index (χ0v) is 14.5. The minimum absolute atomic E-state index is 0.729. The van der Waals surface area contributed by atoms with E-state index in [0.717, 1.165) is 49.3 Å². The maximum atomic E-state index is 4.78. The molecule has 0 amide bonds. The largest absolute Gasteiger partial charge is 0.316 e. The van der Waals surface area contributed by atoms with E-state index in [9.17, 15) is 0 Å². The van der Waals surface area contributed by atoms with Crippen LogP contribution in [-0.4, -0.2) is 28.8 Å². The number of nitrogens with one attached hydrogen (secondary N) is 1. The van der Waals surface area contributed by atoms with Crippen molar-refractivity contribution in [1.82, 2.24) is 15.3 Å². The molecule has 1 aromatic rings. The van der Waals surface area contributed by atoms with Gasteiger partial charge in [0.2, 0.25) is 0 Å². The second-order valence-corrected chi connectivity index (χ2v) is 7.58. The third-order valence-electron chi connectivity index (χ3n) is 3.87. The van der Waals surface area contributed by atoms with E-state index in [1.54, 1.807) is 0 Å². The average Bonchev–Trinajstić information content (AvgIpc) is 2.47. The molecule has 21 heavy (non-hydrogen) atoms. The van der Waals surface area contributed by atoms with Crippen LogP contribution in [0.4, 0.5) is 0 Å². The van der Waals surface area contributed by atoms with Gasteiger partial charge >= 0.3 is 0 Å². The summed E-state index contributed by atoms with van der Waals surface area (Å²) in [5, 5.41) is 3.59. The normalized spacial score (nSPS) is 18.0. The molecule has 118 valence electrons. The molecule has 0 aliphatic heterocycles. The molecule has 1 N–H and O–H groups in total. The molecule has 0 saturated carbocycles. The monoisotopic (exact) mass is 307 g/mol. The number of hydrogen-bond donors (Lipinski definition) is 1. The summed E-state index contributed by atoms with van der Waals surface area (Å²) in [5.74, 6) is 4.65. The van der Waals surface area contributed by atoms with E-state index >= 15 is 0 Å². The summed E-state index contributed by atoms with van der Waals surface area (Å²) in [6, 6.07) is 0. The van der Waals surface area contributed by atoms with E-state index < -0.39 is 0 Å². The van der Waals surface area contributed by atoms with Crippen LogP contribution in [0.5, 0.6) is 0 Å². The molecular formula is C17H29N3S. The number of aromatic nitrogens is 2. The Balaban J connectivity index is 1.84. The van der Waals surface area contributed by atoms with Gasteiger partial charge in [0.25, 0.3) is 0 Å². The van der Waals surface area contributed by atoms with Crippen molar-refractivity contribution in [2.45, 2.75) is 52.2 Å². The van der Waals surface area contributed by atoms with Crippen molar-refractivity contribution in [2.24, 2.45) is 11.8 Å². The van der Waals surface area contributed by atoms with E-state index in [-0.39, 0.29) is 0 Å². The van der Waals surface area contributed by atoms with Crippen molar-refractivity contribution in [3.05, 3.63) is 23.3 Å². The molecule has 1 heterocycles. The van der Waals surface area contributed by atoms with Crippen LogP contribution in [0.15, 0.2) is 6.20 Å². The third-order valence-corrected chi connectivity index (χ3v) is 5.03. The van der Waals surface area contributed by atoms with Gasteiger partial charge < -0.3 is 5.32 Å². The van der Waals surface area contributed by atoms with Crippen molar-refractivity contribution in [2.75, 3.05) is 18.8 Å². The van der Waals surface area contributed by atoms with E-state index in [2.05, 4.69) is 37.3 Å². The van der Waals surface area contributed by atoms with Crippen LogP contribution in [0.25, 0.3) is 0 Å². The quantitative estimate of drug-likeness (QED) is 0.746. The molecular weight excluding hydrogens is 278 g/mol. The van der Waals surface area contributed by atoms with E-state index in [1.165, 1.54) is 29.9 Å². The standard InChI is InChI=1S/C17H29N3S/c1-4-7-21-12-17-19-11-15-8-14(5-6-16(15)20-17)10-18-9-13(2)3/h11,13-14,18H,4-10,12H2,1-3H3. The maximum Gasteiger partial charge on any atom is 0.138 e. The summed E-state index contributed by atoms with van der Waals surface area (Å²) in [5.41, 5.74) is 2.68. The minimum atomic E-state index is 0.729. The molecule has 0 saturated heterocycles. The lowest BCUT2D eigenvalue weighted by Crippen LogP contribution is -2.30. The number of hydrogen-bond acceptors (Lipinski definition) is 4. The van der Waals surface area contributed by atoms with Crippen LogP contribution < -0.4 is 5.32 Å². The second-order valence-electron chi connectivity index (χ2n) is 6.47. The molecule has 1 atom stereocenters. The molecule has 0 aromatic carbocycles. The highest BCUT2D eigenvalue weighted by molar-refractivity contribution is 7.98. The molecule has 1 aliphatic carbocycles. The van der Waals surface area contributed by atoms with Gasteiger partial charge in [0, 0.05) is 11.9 Å². The van der Waals surface area contributed by atoms with E-state index in [1.807, 2.05) is 11.8 Å². The fourth-order valence-corrected chi connectivity index (χ4v) is 3.51. The van der Waals surface area contributed by atoms with Crippen molar-refractivity contribution in [1.29, 1.82) is 0 Å². The van der Waals surface area contributed by atoms with Crippen LogP contribution in [-0.2, 0) is 18.6 Å². The first-order valence-electron chi connectivity index (χ1n) is 8.31. The van der Waals surface area contributed by atoms with Crippen molar-refractivity contribution in [3.8, 4) is 0 Å². The average molecular weight is 308 g/mol. The van der Waals surface area contributed by atoms with Crippen LogP contribution >= 0.6 is 11.8 Å². The Bertz CT molecular complexity index is 434. The van der Waals surface area contributed by atoms with Gasteiger partial charge in [0.1, 0.15) is 5.82 Å². The van der Waals surface area contributed by atoms with E-state index in [4.69, 9.17) is 4.98 Å². The van der Waals surface area contributed by atoms with Crippen LogP contribution in [0.1, 0.15) is 50.7 Å². The first-order chi connectivity index (χ1) is 10.2. The summed E-state index contributed by atoms with van der Waals surface area (Å²) in [6.45, 7) is 8.98. The molecule has 2 rings (SSSR count). The number of rotatable bonds is 8. The Kier molecular flexibility index (Phi) is 6.97. The predicted molar refractivity (Wildman–Crippen MR) is 91.7 cm³/mol. The molecule has 1 aromatic heterocycles. The molecule has 0 radical (unpaired) electrons. The molecule has 0 bridgehead atoms. The second kappa shape index (κ2) is 8.74. The van der Waals surface area contributed by atoms with Gasteiger partial charge in [-0.3, -0.25) is 0 Å². The van der Waals surface area contributed by atoms with Crippen LogP contribution in [0, 0.1) is 11.8 Å². The van der Waals surface area contributed by atoms with Gasteiger partial charge in [0.15, 0.2) is 0 Å². The SMILES string of the molecule is CCCSCc1ncc2c(n1)CCC(CNCC(C)C)C2. The highest BCUT2D eigenvalue weighted by Crippen LogP contribution is 2.24. The minimum Gasteiger partial charge on any atom is -0.316 e. The van der Waals surface area contributed by atoms with Crippen molar-refractivity contribution < 1.29 is 0 Å². The summed E-state index contributed by atoms with van der Waals surface area (Å²) < 4.78 is 0. The van der Waals surface area contributed by atoms with Crippen molar-refractivity contribution >= 4 is 11.8 Å². The van der Waals surface area contributed by atoms with Crippen LogP contribution in [0.3, 0.4) is 0 Å². The topological polar surface area (TPSA) is 37.8 Å². The Morgan fingerprint density at radius 3 is 3.05 bits per heavy atom. The molecule has 4 heteroatoms. The number of nitrogens with zero attached hydrogens (tertiary/aromatic N) is 2. The first-order valence-corrected chi connectivity index (χ1v) is 9.46. The van der Waals surface area contributed by atoms with Gasteiger partial charge in [-0.1, -0.05) is 20.8 Å². The Morgan fingerprint density at radius 1 is 1.43 bits per heavy atom. The number of thioether (sulfide) groups is 1. The fourth-order valence-electron chi connectivity index (χ4n) is 2.75. The summed E-state index contributed by atoms with van der Waals surface area (Å²) in [7, 11) is 0. The van der Waals surface area contributed by atoms with Gasteiger partial charge in [-0.15, -0.1) is 0 Å². The van der Waals surface area contributed by atoms with Gasteiger partial charge in [-0.25, -0.2) is 9.97 Å². The Labute approximate surface area is 133 Å². The molecule has 0 spiro atoms. The highest BCUT2D eigenvalue weighted by atomic mass is 32.2. The lowest BCUT2D eigenvalue weighted by atomic mass is 9.87. The lowest BCUT2D eigenvalue weighted by Gasteiger charge is -2.24. The zero-order chi connectivity index (χ0) is 15.1. The van der Waals surface area contributed by atoms with Gasteiger partial charge in [-0.2, -0.15) is 11.8 Å². The molecule has 0 fully saturated rings. The summed E-state index contributed by atoms with van der Waals surface area (Å²) >= 11 is 1.94. The zero-order valence-electron chi connectivity index (χ0n) is 13.7. The van der Waals surface area contributed by atoms with Gasteiger partial charge in [0.05, 0.1) is 5.75 Å². The molecule has 1 aliphatic rings. The van der Waals surface area contributed by atoms with E-state index in [0.29, 0.717) is 0 Å². The number of aryl methyl sites for hydroxylation is 1. The lowest BCUT2D eigenvalue weighted by molar-refractivity contribution is 0.405. The Hall–Kier alpha value is -0.610. The summed E-state index contributed by atoms with van der Waals surface area (Å²) in [6.07, 6.45) is 6.83. The number of fused-ring (bicyclic) bond motifs is 1. The highest BCUT2D eigenvalue weighted by Gasteiger charge is 2.20. The third kappa shape index (κ3) is 5.59. The predicted octanol–water partition coefficient (Wildman–Crippen LogP) is 3.47. The first kappa shape index (κ1) is 16.8. The smallest absolute Gasteiger partial charge is 0.138 e. The molecule has 1 unspecified atom stereocenters. The van der Waals surface area contributed by atoms with Crippen molar-refractivity contribution in [3.63, 3.8) is 0 Å². The Morgan fingerprint density at radius 2 is 2.29 bits per heavy atom. The van der Waals surface area contributed by atoms with Gasteiger partial charge in [-0.05, 0) is 61.9 Å². The maximum absolute atomic E-state index is 4.78.